The number of nitrogens with zero attached hydrogens (tertiary/aromatic N) is 1. The average Bonchev–Trinajstić information content (AvgIpc) is 2.35. The van der Waals surface area contributed by atoms with Crippen molar-refractivity contribution >= 4 is 11.9 Å². The fourth-order valence-electron chi connectivity index (χ4n) is 2.06. The van der Waals surface area contributed by atoms with Crippen LogP contribution in [0.1, 0.15) is 25.7 Å². The number of methoxy groups -OCH3 is 1. The highest BCUT2D eigenvalue weighted by molar-refractivity contribution is 5.84. The van der Waals surface area contributed by atoms with E-state index in [2.05, 4.69) is 0 Å². The van der Waals surface area contributed by atoms with Crippen molar-refractivity contribution in [2.45, 2.75) is 37.8 Å². The number of aliphatic carboxylic acids is 1. The van der Waals surface area contributed by atoms with E-state index in [0.29, 0.717) is 13.0 Å². The van der Waals surface area contributed by atoms with Crippen LogP contribution in [0.4, 0.5) is 0 Å². The number of carboxylic acids is 1. The Morgan fingerprint density at radius 1 is 1.53 bits per heavy atom. The topological polar surface area (TPSA) is 92.9 Å². The van der Waals surface area contributed by atoms with Gasteiger partial charge >= 0.3 is 5.97 Å². The van der Waals surface area contributed by atoms with Gasteiger partial charge in [0, 0.05) is 20.2 Å². The third kappa shape index (κ3) is 3.67. The summed E-state index contributed by atoms with van der Waals surface area (Å²) < 4.78 is 5.04. The van der Waals surface area contributed by atoms with Crippen molar-refractivity contribution in [3.05, 3.63) is 0 Å². The first-order valence-corrected chi connectivity index (χ1v) is 5.85. The molecule has 1 heterocycles. The maximum absolute atomic E-state index is 12.0. The molecule has 98 valence electrons. The summed E-state index contributed by atoms with van der Waals surface area (Å²) in [5, 5.41) is 9.06. The number of carbonyl (C=O) groups excluding carboxylic acids is 1. The number of nitrogens with two attached hydrogens (primary N) is 1. The Morgan fingerprint density at radius 3 is 2.76 bits per heavy atom. The van der Waals surface area contributed by atoms with E-state index >= 15 is 0 Å². The van der Waals surface area contributed by atoms with E-state index < -0.39 is 12.0 Å². The van der Waals surface area contributed by atoms with Crippen LogP contribution in [0.5, 0.6) is 0 Å². The number of hydrogen-bond donors (Lipinski definition) is 2. The third-order valence-corrected chi connectivity index (χ3v) is 3.11. The summed E-state index contributed by atoms with van der Waals surface area (Å²) in [6.07, 6.45) is 2.05. The van der Waals surface area contributed by atoms with Gasteiger partial charge in [0.1, 0.15) is 6.04 Å². The lowest BCUT2D eigenvalue weighted by molar-refractivity contribution is -0.153. The van der Waals surface area contributed by atoms with Crippen LogP contribution in [-0.2, 0) is 14.3 Å². The van der Waals surface area contributed by atoms with Crippen LogP contribution in [0.3, 0.4) is 0 Å². The smallest absolute Gasteiger partial charge is 0.326 e. The van der Waals surface area contributed by atoms with Crippen molar-refractivity contribution in [1.29, 1.82) is 0 Å². The summed E-state index contributed by atoms with van der Waals surface area (Å²) in [5.74, 6) is -1.12. The van der Waals surface area contributed by atoms with Crippen LogP contribution in [-0.4, -0.2) is 54.2 Å². The molecule has 1 aliphatic rings. The first-order valence-electron chi connectivity index (χ1n) is 5.85. The minimum Gasteiger partial charge on any atom is -0.480 e. The maximum atomic E-state index is 12.0. The molecule has 1 amide bonds. The number of likely N-dealkylation sites (tertiary alicyclic amines) is 1. The van der Waals surface area contributed by atoms with Gasteiger partial charge in [0.25, 0.3) is 0 Å². The van der Waals surface area contributed by atoms with E-state index in [0.717, 1.165) is 12.8 Å². The van der Waals surface area contributed by atoms with Crippen LogP contribution in [0.15, 0.2) is 0 Å². The van der Waals surface area contributed by atoms with Gasteiger partial charge in [-0.15, -0.1) is 0 Å². The van der Waals surface area contributed by atoms with Crippen molar-refractivity contribution in [2.75, 3.05) is 20.2 Å². The molecular formula is C11H20N2O4. The highest BCUT2D eigenvalue weighted by Crippen LogP contribution is 2.18. The SMILES string of the molecule is COC(CN)CC(=O)N1CCCCC1C(=O)O. The highest BCUT2D eigenvalue weighted by atomic mass is 16.5. The molecule has 0 aromatic rings. The lowest BCUT2D eigenvalue weighted by atomic mass is 10.0. The second kappa shape index (κ2) is 6.56. The molecule has 2 unspecified atom stereocenters. The zero-order valence-electron chi connectivity index (χ0n) is 10.1. The predicted octanol–water partition coefficient (Wildman–Crippen LogP) is -0.184. The molecule has 1 saturated heterocycles. The highest BCUT2D eigenvalue weighted by Gasteiger charge is 2.32. The maximum Gasteiger partial charge on any atom is 0.326 e. The van der Waals surface area contributed by atoms with E-state index in [9.17, 15) is 9.59 Å². The summed E-state index contributed by atoms with van der Waals surface area (Å²) >= 11 is 0. The second-order valence-corrected chi connectivity index (χ2v) is 4.23. The van der Waals surface area contributed by atoms with Gasteiger partial charge < -0.3 is 20.5 Å². The number of carbonyl (C=O) groups is 2. The van der Waals surface area contributed by atoms with Crippen LogP contribution < -0.4 is 5.73 Å². The molecule has 6 nitrogen and oxygen atoms in total. The van der Waals surface area contributed by atoms with Gasteiger partial charge in [-0.05, 0) is 19.3 Å². The van der Waals surface area contributed by atoms with Gasteiger partial charge in [-0.25, -0.2) is 4.79 Å². The Hall–Kier alpha value is -1.14. The largest absolute Gasteiger partial charge is 0.480 e. The van der Waals surface area contributed by atoms with Crippen LogP contribution in [0.25, 0.3) is 0 Å². The van der Waals surface area contributed by atoms with Gasteiger partial charge in [0.05, 0.1) is 12.5 Å². The van der Waals surface area contributed by atoms with Gasteiger partial charge in [-0.1, -0.05) is 0 Å². The normalized spacial score (nSPS) is 22.2. The van der Waals surface area contributed by atoms with Crippen molar-refractivity contribution in [3.63, 3.8) is 0 Å². The molecule has 0 aromatic carbocycles. The van der Waals surface area contributed by atoms with Gasteiger partial charge in [-0.3, -0.25) is 4.79 Å². The summed E-state index contributed by atoms with van der Waals surface area (Å²) in [7, 11) is 1.50. The van der Waals surface area contributed by atoms with Crippen molar-refractivity contribution in [2.24, 2.45) is 5.73 Å². The number of amides is 1. The molecule has 1 fully saturated rings. The van der Waals surface area contributed by atoms with E-state index in [1.54, 1.807) is 0 Å². The first-order chi connectivity index (χ1) is 8.10. The minimum atomic E-state index is -0.931. The van der Waals surface area contributed by atoms with E-state index in [4.69, 9.17) is 15.6 Å². The fourth-order valence-corrected chi connectivity index (χ4v) is 2.06. The molecule has 0 bridgehead atoms. The van der Waals surface area contributed by atoms with Crippen molar-refractivity contribution < 1.29 is 19.4 Å². The minimum absolute atomic E-state index is 0.150. The summed E-state index contributed by atoms with van der Waals surface area (Å²) in [6, 6.07) is -0.688. The van der Waals surface area contributed by atoms with Crippen LogP contribution in [0.2, 0.25) is 0 Å². The molecule has 0 radical (unpaired) electrons. The number of ether oxygens (including phenoxy) is 1. The number of rotatable bonds is 5. The first kappa shape index (κ1) is 13.9. The monoisotopic (exact) mass is 244 g/mol. The van der Waals surface area contributed by atoms with Gasteiger partial charge in [-0.2, -0.15) is 0 Å². The Morgan fingerprint density at radius 2 is 2.24 bits per heavy atom. The molecule has 0 saturated carbocycles. The summed E-state index contributed by atoms with van der Waals surface area (Å²) in [6.45, 7) is 0.768. The Bertz CT molecular complexity index is 279. The molecule has 3 N–H and O–H groups in total. The third-order valence-electron chi connectivity index (χ3n) is 3.11. The number of carboxylic acid groups (broad SMARTS) is 1. The molecule has 0 aliphatic carbocycles. The molecule has 0 aromatic heterocycles. The standard InChI is InChI=1S/C11H20N2O4/c1-17-8(7-12)6-10(14)13-5-3-2-4-9(13)11(15)16/h8-9H,2-7,12H2,1H3,(H,15,16). The summed E-state index contributed by atoms with van der Waals surface area (Å²) in [5.41, 5.74) is 5.44. The zero-order valence-corrected chi connectivity index (χ0v) is 10.1. The van der Waals surface area contributed by atoms with Gasteiger partial charge in [0.15, 0.2) is 0 Å². The average molecular weight is 244 g/mol. The Kier molecular flexibility index (Phi) is 5.37. The van der Waals surface area contributed by atoms with E-state index in [-0.39, 0.29) is 25.0 Å². The second-order valence-electron chi connectivity index (χ2n) is 4.23. The lowest BCUT2D eigenvalue weighted by Crippen LogP contribution is -2.49. The van der Waals surface area contributed by atoms with Crippen LogP contribution >= 0.6 is 0 Å². The molecule has 0 spiro atoms. The summed E-state index contributed by atoms with van der Waals surface area (Å²) in [4.78, 5) is 24.5. The van der Waals surface area contributed by atoms with E-state index in [1.807, 2.05) is 0 Å². The molecule has 1 aliphatic heterocycles. The Balaban J connectivity index is 2.61. The molecule has 17 heavy (non-hydrogen) atoms. The molecular weight excluding hydrogens is 224 g/mol. The molecule has 6 heteroatoms. The van der Waals surface area contributed by atoms with Crippen LogP contribution in [0, 0.1) is 0 Å². The van der Waals surface area contributed by atoms with Gasteiger partial charge in [0.2, 0.25) is 5.91 Å². The quantitative estimate of drug-likeness (QED) is 0.699. The van der Waals surface area contributed by atoms with Crippen molar-refractivity contribution in [1.82, 2.24) is 4.90 Å². The zero-order chi connectivity index (χ0) is 12.8. The van der Waals surface area contributed by atoms with Crippen molar-refractivity contribution in [3.8, 4) is 0 Å². The fraction of sp³-hybridized carbons (Fsp3) is 0.818. The Labute approximate surface area is 101 Å². The number of piperidine rings is 1. The lowest BCUT2D eigenvalue weighted by Gasteiger charge is -2.33. The molecule has 2 atom stereocenters. The van der Waals surface area contributed by atoms with E-state index in [1.165, 1.54) is 12.0 Å². The molecule has 1 rings (SSSR count). The predicted molar refractivity (Wildman–Crippen MR) is 61.5 cm³/mol. The number of hydrogen-bond acceptors (Lipinski definition) is 4.